The van der Waals surface area contributed by atoms with E-state index in [-0.39, 0.29) is 5.54 Å². The molecule has 0 bridgehead atoms. The van der Waals surface area contributed by atoms with Gasteiger partial charge < -0.3 is 10.2 Å². The first-order valence-corrected chi connectivity index (χ1v) is 7.98. The van der Waals surface area contributed by atoms with Crippen LogP contribution in [0.15, 0.2) is 18.2 Å². The second-order valence-corrected chi connectivity index (χ2v) is 6.95. The van der Waals surface area contributed by atoms with Gasteiger partial charge in [-0.15, -0.1) is 0 Å². The van der Waals surface area contributed by atoms with Gasteiger partial charge in [-0.25, -0.2) is 4.98 Å². The smallest absolute Gasteiger partial charge is 0.130 e. The Morgan fingerprint density at radius 2 is 2.05 bits per heavy atom. The van der Waals surface area contributed by atoms with Crippen LogP contribution in [0.2, 0.25) is 0 Å². The highest BCUT2D eigenvalue weighted by Crippen LogP contribution is 2.24. The van der Waals surface area contributed by atoms with Gasteiger partial charge in [0.1, 0.15) is 11.6 Å². The van der Waals surface area contributed by atoms with Crippen LogP contribution >= 0.6 is 0 Å². The summed E-state index contributed by atoms with van der Waals surface area (Å²) in [4.78, 5) is 7.24. The molecular weight excluding hydrogens is 246 g/mol. The van der Waals surface area contributed by atoms with Crippen molar-refractivity contribution < 1.29 is 0 Å². The van der Waals surface area contributed by atoms with E-state index >= 15 is 0 Å². The summed E-state index contributed by atoms with van der Waals surface area (Å²) in [7, 11) is 0. The van der Waals surface area contributed by atoms with E-state index in [4.69, 9.17) is 4.98 Å². The number of anilines is 2. The first-order chi connectivity index (χ1) is 9.48. The fourth-order valence-electron chi connectivity index (χ4n) is 2.86. The maximum atomic E-state index is 4.79. The molecule has 2 rings (SSSR count). The van der Waals surface area contributed by atoms with Gasteiger partial charge in [-0.1, -0.05) is 19.4 Å². The Hall–Kier alpha value is -1.25. The number of pyridine rings is 1. The lowest BCUT2D eigenvalue weighted by Crippen LogP contribution is -2.28. The van der Waals surface area contributed by atoms with Crippen molar-refractivity contribution in [2.75, 3.05) is 23.3 Å². The predicted molar refractivity (Wildman–Crippen MR) is 87.5 cm³/mol. The highest BCUT2D eigenvalue weighted by atomic mass is 15.2. The number of rotatable bonds is 3. The molecule has 0 radical (unpaired) electrons. The molecule has 1 aromatic rings. The molecule has 0 aromatic carbocycles. The standard InChI is InChI=1S/C17H29N3/c1-5-14-8-7-12-20(13-11-14)16-10-6-9-15(18-16)19-17(2,3)4/h6,9-10,14H,5,7-8,11-13H2,1-4H3,(H,18,19). The molecule has 1 N–H and O–H groups in total. The fourth-order valence-corrected chi connectivity index (χ4v) is 2.86. The van der Waals surface area contributed by atoms with Crippen LogP contribution < -0.4 is 10.2 Å². The van der Waals surface area contributed by atoms with Crippen LogP contribution in [0.5, 0.6) is 0 Å². The molecule has 3 nitrogen and oxygen atoms in total. The van der Waals surface area contributed by atoms with Crippen LogP contribution in [0.3, 0.4) is 0 Å². The third kappa shape index (κ3) is 4.39. The van der Waals surface area contributed by atoms with Gasteiger partial charge in [0.25, 0.3) is 0 Å². The van der Waals surface area contributed by atoms with Crippen molar-refractivity contribution in [2.45, 2.75) is 58.9 Å². The van der Waals surface area contributed by atoms with Crippen LogP contribution in [0.4, 0.5) is 11.6 Å². The van der Waals surface area contributed by atoms with E-state index in [0.29, 0.717) is 0 Å². The van der Waals surface area contributed by atoms with Gasteiger partial charge in [-0.05, 0) is 58.1 Å². The second kappa shape index (κ2) is 6.47. The minimum Gasteiger partial charge on any atom is -0.365 e. The highest BCUT2D eigenvalue weighted by molar-refractivity contribution is 5.48. The molecule has 0 aliphatic carbocycles. The van der Waals surface area contributed by atoms with Crippen LogP contribution in [0.1, 0.15) is 53.4 Å². The van der Waals surface area contributed by atoms with E-state index in [1.807, 2.05) is 0 Å². The van der Waals surface area contributed by atoms with E-state index < -0.39 is 0 Å². The monoisotopic (exact) mass is 275 g/mol. The van der Waals surface area contributed by atoms with Gasteiger partial charge in [0.2, 0.25) is 0 Å². The van der Waals surface area contributed by atoms with Gasteiger partial charge in [0.05, 0.1) is 0 Å². The van der Waals surface area contributed by atoms with Gasteiger partial charge in [0, 0.05) is 18.6 Å². The molecule has 1 aromatic heterocycles. The number of hydrogen-bond donors (Lipinski definition) is 1. The summed E-state index contributed by atoms with van der Waals surface area (Å²) in [6.07, 6.45) is 5.27. The van der Waals surface area contributed by atoms with Gasteiger partial charge in [-0.2, -0.15) is 0 Å². The quantitative estimate of drug-likeness (QED) is 0.891. The maximum Gasteiger partial charge on any atom is 0.130 e. The minimum absolute atomic E-state index is 0.0533. The third-order valence-electron chi connectivity index (χ3n) is 3.99. The van der Waals surface area contributed by atoms with Crippen molar-refractivity contribution in [1.29, 1.82) is 0 Å². The normalized spacial score (nSPS) is 20.6. The molecule has 1 aliphatic heterocycles. The van der Waals surface area contributed by atoms with Crippen LogP contribution in [0.25, 0.3) is 0 Å². The fraction of sp³-hybridized carbons (Fsp3) is 0.706. The Morgan fingerprint density at radius 1 is 1.25 bits per heavy atom. The number of aromatic nitrogens is 1. The summed E-state index contributed by atoms with van der Waals surface area (Å²) in [5.41, 5.74) is 0.0533. The van der Waals surface area contributed by atoms with E-state index in [1.54, 1.807) is 0 Å². The van der Waals surface area contributed by atoms with Crippen LogP contribution in [-0.2, 0) is 0 Å². The summed E-state index contributed by atoms with van der Waals surface area (Å²) in [6, 6.07) is 6.31. The Bertz CT molecular complexity index is 422. The minimum atomic E-state index is 0.0533. The molecule has 0 spiro atoms. The summed E-state index contributed by atoms with van der Waals surface area (Å²) >= 11 is 0. The number of hydrogen-bond acceptors (Lipinski definition) is 3. The average molecular weight is 275 g/mol. The van der Waals surface area contributed by atoms with Crippen molar-refractivity contribution >= 4 is 11.6 Å². The van der Waals surface area contributed by atoms with Gasteiger partial charge in [0.15, 0.2) is 0 Å². The molecule has 112 valence electrons. The average Bonchev–Trinajstić information content (AvgIpc) is 2.62. The Morgan fingerprint density at radius 3 is 2.75 bits per heavy atom. The van der Waals surface area contributed by atoms with Crippen molar-refractivity contribution in [3.05, 3.63) is 18.2 Å². The van der Waals surface area contributed by atoms with Gasteiger partial charge in [-0.3, -0.25) is 0 Å². The number of nitrogens with one attached hydrogen (secondary N) is 1. The predicted octanol–water partition coefficient (Wildman–Crippen LogP) is 4.31. The van der Waals surface area contributed by atoms with Gasteiger partial charge >= 0.3 is 0 Å². The first-order valence-electron chi connectivity index (χ1n) is 7.98. The molecular formula is C17H29N3. The lowest BCUT2D eigenvalue weighted by atomic mass is 9.98. The zero-order chi connectivity index (χ0) is 14.6. The second-order valence-electron chi connectivity index (χ2n) is 6.95. The molecule has 1 aliphatic rings. The molecule has 2 heterocycles. The highest BCUT2D eigenvalue weighted by Gasteiger charge is 2.17. The molecule has 3 heteroatoms. The van der Waals surface area contributed by atoms with Crippen LogP contribution in [0, 0.1) is 5.92 Å². The van der Waals surface area contributed by atoms with Crippen molar-refractivity contribution in [1.82, 2.24) is 4.98 Å². The lowest BCUT2D eigenvalue weighted by Gasteiger charge is -2.25. The Kier molecular flexibility index (Phi) is 4.90. The van der Waals surface area contributed by atoms with Crippen molar-refractivity contribution in [3.8, 4) is 0 Å². The molecule has 20 heavy (non-hydrogen) atoms. The van der Waals surface area contributed by atoms with Crippen molar-refractivity contribution in [2.24, 2.45) is 5.92 Å². The topological polar surface area (TPSA) is 28.2 Å². The van der Waals surface area contributed by atoms with Crippen molar-refractivity contribution in [3.63, 3.8) is 0 Å². The third-order valence-corrected chi connectivity index (χ3v) is 3.99. The lowest BCUT2D eigenvalue weighted by molar-refractivity contribution is 0.459. The van der Waals surface area contributed by atoms with E-state index in [1.165, 1.54) is 25.7 Å². The molecule has 1 saturated heterocycles. The zero-order valence-corrected chi connectivity index (χ0v) is 13.4. The van der Waals surface area contributed by atoms with E-state index in [9.17, 15) is 0 Å². The molecule has 1 atom stereocenters. The molecule has 1 fully saturated rings. The largest absolute Gasteiger partial charge is 0.365 e. The zero-order valence-electron chi connectivity index (χ0n) is 13.4. The molecule has 1 unspecified atom stereocenters. The SMILES string of the molecule is CCC1CCCN(c2cccc(NC(C)(C)C)n2)CC1. The van der Waals surface area contributed by atoms with E-state index in [2.05, 4.69) is 56.1 Å². The summed E-state index contributed by atoms with van der Waals surface area (Å²) in [5.74, 6) is 3.00. The summed E-state index contributed by atoms with van der Waals surface area (Å²) in [5, 5.41) is 3.46. The summed E-state index contributed by atoms with van der Waals surface area (Å²) in [6.45, 7) is 11.1. The Labute approximate surface area is 123 Å². The molecule has 0 amide bonds. The van der Waals surface area contributed by atoms with E-state index in [0.717, 1.165) is 30.6 Å². The number of nitrogens with zero attached hydrogens (tertiary/aromatic N) is 2. The Balaban J connectivity index is 2.06. The van der Waals surface area contributed by atoms with Crippen LogP contribution in [-0.4, -0.2) is 23.6 Å². The first kappa shape index (κ1) is 15.1. The maximum absolute atomic E-state index is 4.79. The molecule has 0 saturated carbocycles. The summed E-state index contributed by atoms with van der Waals surface area (Å²) < 4.78 is 0.